The van der Waals surface area contributed by atoms with Gasteiger partial charge in [0, 0.05) is 11.8 Å². The number of methoxy groups -OCH3 is 2. The molecule has 2 aromatic carbocycles. The lowest BCUT2D eigenvalue weighted by Gasteiger charge is -2.11. The summed E-state index contributed by atoms with van der Waals surface area (Å²) in [5.74, 6) is 1.27. The lowest BCUT2D eigenvalue weighted by Crippen LogP contribution is -2.13. The molecule has 0 heterocycles. The zero-order valence-electron chi connectivity index (χ0n) is 15.2. The minimum absolute atomic E-state index is 0.0279. The smallest absolute Gasteiger partial charge is 0.266 e. The number of benzene rings is 2. The van der Waals surface area contributed by atoms with E-state index in [4.69, 9.17) is 14.2 Å². The second-order valence-corrected chi connectivity index (χ2v) is 6.49. The highest BCUT2D eigenvalue weighted by atomic mass is 127. The first-order valence-corrected chi connectivity index (χ1v) is 9.17. The van der Waals surface area contributed by atoms with E-state index in [1.54, 1.807) is 37.4 Å². The molecule has 140 valence electrons. The van der Waals surface area contributed by atoms with Gasteiger partial charge in [-0.2, -0.15) is 5.26 Å². The molecule has 0 saturated carbocycles. The second-order valence-electron chi connectivity index (χ2n) is 5.32. The summed E-state index contributed by atoms with van der Waals surface area (Å²) in [6, 6.07) is 12.5. The van der Waals surface area contributed by atoms with Crippen LogP contribution >= 0.6 is 22.6 Å². The standard InChI is InChI=1S/C20H19IN2O4/c1-4-27-16-7-5-6-15(11-16)23-20(24)14(12-22)8-13-9-17(21)19(26-3)18(10-13)25-2/h5-11H,4H2,1-3H3,(H,23,24)/b14-8+. The van der Waals surface area contributed by atoms with Gasteiger partial charge in [0.25, 0.3) is 5.91 Å². The molecule has 6 nitrogen and oxygen atoms in total. The minimum atomic E-state index is -0.504. The number of rotatable bonds is 7. The zero-order valence-corrected chi connectivity index (χ0v) is 17.4. The first-order valence-electron chi connectivity index (χ1n) is 8.09. The van der Waals surface area contributed by atoms with Crippen LogP contribution < -0.4 is 19.5 Å². The van der Waals surface area contributed by atoms with Crippen LogP contribution in [0.1, 0.15) is 12.5 Å². The van der Waals surface area contributed by atoms with Crippen LogP contribution in [0.3, 0.4) is 0 Å². The second kappa shape index (κ2) is 9.83. The number of ether oxygens (including phenoxy) is 3. The Morgan fingerprint density at radius 1 is 1.26 bits per heavy atom. The Hall–Kier alpha value is -2.73. The van der Waals surface area contributed by atoms with Gasteiger partial charge in [-0.25, -0.2) is 0 Å². The first-order chi connectivity index (χ1) is 13.0. The molecular formula is C20H19IN2O4. The lowest BCUT2D eigenvalue weighted by atomic mass is 10.1. The Balaban J connectivity index is 2.28. The number of hydrogen-bond donors (Lipinski definition) is 1. The molecule has 0 bridgehead atoms. The predicted octanol–water partition coefficient (Wildman–Crippen LogP) is 4.25. The fourth-order valence-electron chi connectivity index (χ4n) is 2.37. The summed E-state index contributed by atoms with van der Waals surface area (Å²) in [5.41, 5.74) is 1.18. The van der Waals surface area contributed by atoms with Crippen molar-refractivity contribution < 1.29 is 19.0 Å². The van der Waals surface area contributed by atoms with Gasteiger partial charge in [-0.15, -0.1) is 0 Å². The quantitative estimate of drug-likeness (QED) is 0.366. The van der Waals surface area contributed by atoms with Crippen LogP contribution in [0.4, 0.5) is 5.69 Å². The highest BCUT2D eigenvalue weighted by Gasteiger charge is 2.13. The van der Waals surface area contributed by atoms with Crippen molar-refractivity contribution in [2.24, 2.45) is 0 Å². The molecule has 0 aliphatic carbocycles. The molecular weight excluding hydrogens is 459 g/mol. The molecule has 0 radical (unpaired) electrons. The highest BCUT2D eigenvalue weighted by molar-refractivity contribution is 14.1. The third-order valence-electron chi connectivity index (χ3n) is 3.53. The summed E-state index contributed by atoms with van der Waals surface area (Å²) >= 11 is 2.11. The van der Waals surface area contributed by atoms with E-state index in [2.05, 4.69) is 27.9 Å². The number of amides is 1. The zero-order chi connectivity index (χ0) is 19.8. The topological polar surface area (TPSA) is 80.6 Å². The summed E-state index contributed by atoms with van der Waals surface area (Å²) in [7, 11) is 3.09. The number of hydrogen-bond acceptors (Lipinski definition) is 5. The van der Waals surface area contributed by atoms with E-state index in [0.29, 0.717) is 35.1 Å². The van der Waals surface area contributed by atoms with Crippen molar-refractivity contribution >= 4 is 40.3 Å². The maximum Gasteiger partial charge on any atom is 0.266 e. The van der Waals surface area contributed by atoms with Crippen molar-refractivity contribution in [3.05, 3.63) is 51.1 Å². The van der Waals surface area contributed by atoms with Crippen LogP contribution in [0.15, 0.2) is 42.0 Å². The van der Waals surface area contributed by atoms with E-state index in [1.807, 2.05) is 19.1 Å². The average Bonchev–Trinajstić information content (AvgIpc) is 2.66. The third kappa shape index (κ3) is 5.37. The molecule has 0 aromatic heterocycles. The van der Waals surface area contributed by atoms with Crippen molar-refractivity contribution in [1.29, 1.82) is 5.26 Å². The molecule has 2 rings (SSSR count). The number of nitrogens with one attached hydrogen (secondary N) is 1. The molecule has 0 unspecified atom stereocenters. The third-order valence-corrected chi connectivity index (χ3v) is 4.34. The van der Waals surface area contributed by atoms with Gasteiger partial charge in [0.1, 0.15) is 17.4 Å². The Morgan fingerprint density at radius 3 is 2.67 bits per heavy atom. The molecule has 2 aromatic rings. The van der Waals surface area contributed by atoms with Crippen molar-refractivity contribution in [3.63, 3.8) is 0 Å². The fraction of sp³-hybridized carbons (Fsp3) is 0.200. The Kier molecular flexibility index (Phi) is 7.49. The lowest BCUT2D eigenvalue weighted by molar-refractivity contribution is -0.112. The average molecular weight is 478 g/mol. The number of nitriles is 1. The van der Waals surface area contributed by atoms with Gasteiger partial charge in [0.15, 0.2) is 11.5 Å². The fourth-order valence-corrected chi connectivity index (χ4v) is 3.21. The minimum Gasteiger partial charge on any atom is -0.494 e. The number of nitrogens with zero attached hydrogens (tertiary/aromatic N) is 1. The van der Waals surface area contributed by atoms with Crippen LogP contribution in [0.5, 0.6) is 17.2 Å². The van der Waals surface area contributed by atoms with Gasteiger partial charge >= 0.3 is 0 Å². The molecule has 0 aliphatic rings. The summed E-state index contributed by atoms with van der Waals surface area (Å²) in [4.78, 5) is 12.5. The molecule has 0 saturated heterocycles. The molecule has 27 heavy (non-hydrogen) atoms. The van der Waals surface area contributed by atoms with Gasteiger partial charge in [0.2, 0.25) is 0 Å². The van der Waals surface area contributed by atoms with Gasteiger partial charge in [0.05, 0.1) is 24.4 Å². The van der Waals surface area contributed by atoms with Crippen molar-refractivity contribution in [2.75, 3.05) is 26.1 Å². The summed E-state index contributed by atoms with van der Waals surface area (Å²) in [5, 5.41) is 12.1. The maximum atomic E-state index is 12.5. The predicted molar refractivity (Wildman–Crippen MR) is 112 cm³/mol. The molecule has 0 atom stereocenters. The highest BCUT2D eigenvalue weighted by Crippen LogP contribution is 2.34. The largest absolute Gasteiger partial charge is 0.494 e. The Bertz CT molecular complexity index is 903. The first kappa shape index (κ1) is 20.6. The number of halogens is 1. The number of carbonyl (C=O) groups excluding carboxylic acids is 1. The monoisotopic (exact) mass is 478 g/mol. The molecule has 1 N–H and O–H groups in total. The van der Waals surface area contributed by atoms with Crippen LogP contribution in [-0.2, 0) is 4.79 Å². The van der Waals surface area contributed by atoms with E-state index < -0.39 is 5.91 Å². The molecule has 1 amide bonds. The Morgan fingerprint density at radius 2 is 2.04 bits per heavy atom. The van der Waals surface area contributed by atoms with Crippen molar-refractivity contribution in [3.8, 4) is 23.3 Å². The van der Waals surface area contributed by atoms with E-state index in [9.17, 15) is 10.1 Å². The normalized spacial score (nSPS) is 10.7. The molecule has 0 fully saturated rings. The number of carbonyl (C=O) groups is 1. The van der Waals surface area contributed by atoms with Crippen molar-refractivity contribution in [2.45, 2.75) is 6.92 Å². The summed E-state index contributed by atoms with van der Waals surface area (Å²) in [6.07, 6.45) is 1.51. The van der Waals surface area contributed by atoms with E-state index in [1.165, 1.54) is 13.2 Å². The SMILES string of the molecule is CCOc1cccc(NC(=O)/C(C#N)=C/c2cc(I)c(OC)c(OC)c2)c1. The molecule has 0 spiro atoms. The van der Waals surface area contributed by atoms with Crippen LogP contribution in [0, 0.1) is 14.9 Å². The number of anilines is 1. The summed E-state index contributed by atoms with van der Waals surface area (Å²) in [6.45, 7) is 2.41. The molecule has 7 heteroatoms. The van der Waals surface area contributed by atoms with Crippen molar-refractivity contribution in [1.82, 2.24) is 0 Å². The van der Waals surface area contributed by atoms with E-state index >= 15 is 0 Å². The summed E-state index contributed by atoms with van der Waals surface area (Å²) < 4.78 is 16.8. The van der Waals surface area contributed by atoms with Gasteiger partial charge < -0.3 is 19.5 Å². The van der Waals surface area contributed by atoms with E-state index in [0.717, 1.165) is 3.57 Å². The Labute approximate surface area is 171 Å². The molecule has 0 aliphatic heterocycles. The van der Waals surface area contributed by atoms with Crippen LogP contribution in [0.2, 0.25) is 0 Å². The van der Waals surface area contributed by atoms with E-state index in [-0.39, 0.29) is 5.57 Å². The van der Waals surface area contributed by atoms with Crippen LogP contribution in [0.25, 0.3) is 6.08 Å². The van der Waals surface area contributed by atoms with Gasteiger partial charge in [-0.3, -0.25) is 4.79 Å². The van der Waals surface area contributed by atoms with Gasteiger partial charge in [-0.1, -0.05) is 6.07 Å². The van der Waals surface area contributed by atoms with Crippen LogP contribution in [-0.4, -0.2) is 26.7 Å². The maximum absolute atomic E-state index is 12.5. The van der Waals surface area contributed by atoms with Gasteiger partial charge in [-0.05, 0) is 65.4 Å².